The number of pyridine rings is 1. The molecule has 0 fully saturated rings. The van der Waals surface area contributed by atoms with Crippen LogP contribution in [-0.4, -0.2) is 50.4 Å². The van der Waals surface area contributed by atoms with Gasteiger partial charge in [-0.1, -0.05) is 0 Å². The van der Waals surface area contributed by atoms with Crippen LogP contribution in [0.2, 0.25) is 0 Å². The summed E-state index contributed by atoms with van der Waals surface area (Å²) in [7, 11) is 3.44. The van der Waals surface area contributed by atoms with Crippen molar-refractivity contribution in [3.05, 3.63) is 41.6 Å². The van der Waals surface area contributed by atoms with Crippen molar-refractivity contribution in [3.8, 4) is 17.3 Å². The number of methoxy groups -OCH3 is 1. The molecule has 0 saturated heterocycles. The van der Waals surface area contributed by atoms with E-state index >= 15 is 0 Å². The molecular weight excluding hydrogens is 474 g/mol. The van der Waals surface area contributed by atoms with Gasteiger partial charge in [-0.25, -0.2) is 19.6 Å². The third-order valence-electron chi connectivity index (χ3n) is 5.65. The summed E-state index contributed by atoms with van der Waals surface area (Å²) in [5.74, 6) is 0.744. The lowest BCUT2D eigenvalue weighted by Gasteiger charge is -2.21. The third kappa shape index (κ3) is 5.52. The summed E-state index contributed by atoms with van der Waals surface area (Å²) in [6, 6.07) is 8.78. The average Bonchev–Trinajstić information content (AvgIpc) is 3.36. The molecular formula is C27H33N5O5. The van der Waals surface area contributed by atoms with Crippen LogP contribution >= 0.6 is 0 Å². The zero-order chi connectivity index (χ0) is 27.1. The molecule has 2 N–H and O–H groups in total. The van der Waals surface area contributed by atoms with Crippen LogP contribution in [0.4, 0.5) is 4.79 Å². The summed E-state index contributed by atoms with van der Waals surface area (Å²) in [6.07, 6.45) is -0.737. The minimum atomic E-state index is -0.584. The Balaban J connectivity index is 1.68. The van der Waals surface area contributed by atoms with Gasteiger partial charge in [-0.15, -0.1) is 0 Å². The lowest BCUT2D eigenvalue weighted by atomic mass is 10.2. The number of hydrogen-bond acceptors (Lipinski definition) is 7. The Morgan fingerprint density at radius 1 is 1.08 bits per heavy atom. The van der Waals surface area contributed by atoms with E-state index in [0.29, 0.717) is 34.0 Å². The van der Waals surface area contributed by atoms with Crippen LogP contribution in [0.25, 0.3) is 33.6 Å². The second kappa shape index (κ2) is 9.76. The fourth-order valence-corrected chi connectivity index (χ4v) is 4.05. The van der Waals surface area contributed by atoms with Gasteiger partial charge in [-0.3, -0.25) is 0 Å². The Hall–Kier alpha value is -4.08. The molecule has 4 aromatic rings. The van der Waals surface area contributed by atoms with Crippen LogP contribution in [-0.2, 0) is 16.5 Å². The number of ether oxygens (including phenoxy) is 3. The highest BCUT2D eigenvalue weighted by Gasteiger charge is 2.22. The number of aryl methyl sites for hydroxylation is 1. The topological polar surface area (TPSA) is 120 Å². The number of benzene rings is 1. The molecule has 0 saturated carbocycles. The minimum absolute atomic E-state index is 0.237. The molecule has 0 unspecified atom stereocenters. The SMILES string of the molecule is COc1cc(C(=O)OC(C)C)cc2nc(-c3cc4ccc([C@@H](C)NC(=O)OC(C)(C)C)nc4[nH]3)n(C)c12. The first-order valence-electron chi connectivity index (χ1n) is 12.1. The van der Waals surface area contributed by atoms with E-state index < -0.39 is 17.7 Å². The van der Waals surface area contributed by atoms with E-state index in [1.54, 1.807) is 33.1 Å². The van der Waals surface area contributed by atoms with Crippen LogP contribution < -0.4 is 10.1 Å². The number of H-pyrrole nitrogens is 1. The van der Waals surface area contributed by atoms with E-state index in [2.05, 4.69) is 10.3 Å². The normalized spacial score (nSPS) is 12.7. The molecule has 10 heteroatoms. The summed E-state index contributed by atoms with van der Waals surface area (Å²) in [4.78, 5) is 37.5. The number of nitrogens with one attached hydrogen (secondary N) is 2. The number of hydrogen-bond donors (Lipinski definition) is 2. The Labute approximate surface area is 215 Å². The van der Waals surface area contributed by atoms with Gasteiger partial charge in [0.2, 0.25) is 0 Å². The Bertz CT molecular complexity index is 1480. The van der Waals surface area contributed by atoms with Gasteiger partial charge in [0, 0.05) is 12.4 Å². The second-order valence-corrected chi connectivity index (χ2v) is 10.2. The number of esters is 1. The molecule has 196 valence electrons. The summed E-state index contributed by atoms with van der Waals surface area (Å²) in [5, 5.41) is 3.71. The number of imidazole rings is 1. The minimum Gasteiger partial charge on any atom is -0.494 e. The van der Waals surface area contributed by atoms with Gasteiger partial charge in [-0.05, 0) is 71.9 Å². The summed E-state index contributed by atoms with van der Waals surface area (Å²) < 4.78 is 18.2. The van der Waals surface area contributed by atoms with E-state index in [0.717, 1.165) is 16.6 Å². The fourth-order valence-electron chi connectivity index (χ4n) is 4.05. The molecule has 1 amide bonds. The van der Waals surface area contributed by atoms with Crippen molar-refractivity contribution in [1.82, 2.24) is 24.8 Å². The standard InChI is InChI=1S/C27H33N5O5/c1-14(2)36-25(33)17-12-19-22(21(13-17)35-8)32(7)24(31-19)20-11-16-9-10-18(29-23(16)30-20)15(3)28-26(34)37-27(4,5)6/h9-15H,1-8H3,(H,28,34)(H,29,30)/t15-/m1/s1. The highest BCUT2D eigenvalue weighted by molar-refractivity contribution is 5.97. The van der Waals surface area contributed by atoms with Crippen LogP contribution in [0.1, 0.15) is 63.6 Å². The van der Waals surface area contributed by atoms with Gasteiger partial charge in [0.05, 0.1) is 41.7 Å². The molecule has 1 atom stereocenters. The molecule has 10 nitrogen and oxygen atoms in total. The average molecular weight is 508 g/mol. The van der Waals surface area contributed by atoms with E-state index in [4.69, 9.17) is 24.2 Å². The Morgan fingerprint density at radius 3 is 2.46 bits per heavy atom. The molecule has 0 aliphatic rings. The van der Waals surface area contributed by atoms with Crippen molar-refractivity contribution in [1.29, 1.82) is 0 Å². The van der Waals surface area contributed by atoms with Crippen molar-refractivity contribution < 1.29 is 23.8 Å². The Kier molecular flexibility index (Phi) is 6.86. The number of carbonyl (C=O) groups excluding carboxylic acids is 2. The third-order valence-corrected chi connectivity index (χ3v) is 5.65. The summed E-state index contributed by atoms with van der Waals surface area (Å²) in [5.41, 5.74) is 3.24. The van der Waals surface area contributed by atoms with Crippen LogP contribution in [0.5, 0.6) is 5.75 Å². The molecule has 0 aliphatic heterocycles. The number of nitrogens with zero attached hydrogens (tertiary/aromatic N) is 3. The van der Waals surface area contributed by atoms with Crippen molar-refractivity contribution in [2.75, 3.05) is 7.11 Å². The monoisotopic (exact) mass is 507 g/mol. The second-order valence-electron chi connectivity index (χ2n) is 10.2. The molecule has 37 heavy (non-hydrogen) atoms. The number of alkyl carbamates (subject to hydrolysis) is 1. The van der Waals surface area contributed by atoms with E-state index in [9.17, 15) is 9.59 Å². The first-order chi connectivity index (χ1) is 17.4. The van der Waals surface area contributed by atoms with Gasteiger partial charge in [0.1, 0.15) is 22.5 Å². The maximum Gasteiger partial charge on any atom is 0.408 e. The van der Waals surface area contributed by atoms with E-state index in [1.165, 1.54) is 0 Å². The van der Waals surface area contributed by atoms with Crippen LogP contribution in [0.15, 0.2) is 30.3 Å². The number of carbonyl (C=O) groups is 2. The predicted molar refractivity (Wildman–Crippen MR) is 141 cm³/mol. The van der Waals surface area contributed by atoms with E-state index in [1.807, 2.05) is 57.5 Å². The number of rotatable bonds is 6. The number of aromatic amines is 1. The first kappa shape index (κ1) is 26.0. The predicted octanol–water partition coefficient (Wildman–Crippen LogP) is 5.28. The molecule has 0 spiro atoms. The molecule has 3 heterocycles. The van der Waals surface area contributed by atoms with Crippen molar-refractivity contribution in [3.63, 3.8) is 0 Å². The fraction of sp³-hybridized carbons (Fsp3) is 0.407. The number of aromatic nitrogens is 4. The van der Waals surface area contributed by atoms with Gasteiger partial charge >= 0.3 is 12.1 Å². The van der Waals surface area contributed by atoms with Gasteiger partial charge in [0.25, 0.3) is 0 Å². The van der Waals surface area contributed by atoms with Crippen molar-refractivity contribution in [2.45, 2.75) is 59.3 Å². The largest absolute Gasteiger partial charge is 0.494 e. The molecule has 4 rings (SSSR count). The number of fused-ring (bicyclic) bond motifs is 2. The molecule has 3 aromatic heterocycles. The van der Waals surface area contributed by atoms with Gasteiger partial charge in [-0.2, -0.15) is 0 Å². The number of amides is 1. The maximum absolute atomic E-state index is 12.5. The molecule has 0 aliphatic carbocycles. The lowest BCUT2D eigenvalue weighted by molar-refractivity contribution is 0.0376. The summed E-state index contributed by atoms with van der Waals surface area (Å²) in [6.45, 7) is 10.9. The highest BCUT2D eigenvalue weighted by Crippen LogP contribution is 2.33. The smallest absolute Gasteiger partial charge is 0.408 e. The van der Waals surface area contributed by atoms with Crippen molar-refractivity contribution >= 4 is 34.1 Å². The first-order valence-corrected chi connectivity index (χ1v) is 12.1. The lowest BCUT2D eigenvalue weighted by Crippen LogP contribution is -2.34. The zero-order valence-corrected chi connectivity index (χ0v) is 22.4. The molecule has 0 radical (unpaired) electrons. The maximum atomic E-state index is 12.5. The van der Waals surface area contributed by atoms with E-state index in [-0.39, 0.29) is 12.1 Å². The quantitative estimate of drug-likeness (QED) is 0.341. The summed E-state index contributed by atoms with van der Waals surface area (Å²) >= 11 is 0. The van der Waals surface area contributed by atoms with Gasteiger partial charge in [0.15, 0.2) is 5.82 Å². The zero-order valence-electron chi connectivity index (χ0n) is 22.4. The van der Waals surface area contributed by atoms with Crippen LogP contribution in [0.3, 0.4) is 0 Å². The Morgan fingerprint density at radius 2 is 1.81 bits per heavy atom. The van der Waals surface area contributed by atoms with Crippen LogP contribution in [0, 0.1) is 0 Å². The molecule has 0 bridgehead atoms. The highest BCUT2D eigenvalue weighted by atomic mass is 16.6. The van der Waals surface area contributed by atoms with Crippen molar-refractivity contribution in [2.24, 2.45) is 7.05 Å². The molecule has 1 aromatic carbocycles. The van der Waals surface area contributed by atoms with Gasteiger partial charge < -0.3 is 29.1 Å².